The van der Waals surface area contributed by atoms with Crippen LogP contribution < -0.4 is 5.32 Å². The minimum absolute atomic E-state index is 0.140. The molecular formula is C16H13F3N4. The number of alkyl halides is 3. The van der Waals surface area contributed by atoms with E-state index in [1.54, 1.807) is 36.5 Å². The predicted molar refractivity (Wildman–Crippen MR) is 80.8 cm³/mol. The van der Waals surface area contributed by atoms with Gasteiger partial charge in [0.2, 0.25) is 5.82 Å². The number of aromatic nitrogens is 3. The monoisotopic (exact) mass is 318 g/mol. The third-order valence-electron chi connectivity index (χ3n) is 3.34. The molecule has 0 spiro atoms. The number of halogens is 3. The Balaban J connectivity index is 2.05. The number of benzene rings is 1. The smallest absolute Gasteiger partial charge is 0.361 e. The molecule has 23 heavy (non-hydrogen) atoms. The molecule has 3 aromatic rings. The molecule has 1 aromatic carbocycles. The maximum Gasteiger partial charge on any atom is 0.451 e. The average molecular weight is 318 g/mol. The lowest BCUT2D eigenvalue weighted by molar-refractivity contribution is -0.144. The summed E-state index contributed by atoms with van der Waals surface area (Å²) in [7, 11) is 0. The average Bonchev–Trinajstić information content (AvgIpc) is 2.54. The third-order valence-corrected chi connectivity index (χ3v) is 3.34. The first-order valence-corrected chi connectivity index (χ1v) is 6.96. The maximum absolute atomic E-state index is 13.0. The summed E-state index contributed by atoms with van der Waals surface area (Å²) in [4.78, 5) is 11.5. The van der Waals surface area contributed by atoms with Crippen molar-refractivity contribution in [3.05, 3.63) is 60.2 Å². The van der Waals surface area contributed by atoms with Crippen LogP contribution in [0.15, 0.2) is 48.7 Å². The van der Waals surface area contributed by atoms with Gasteiger partial charge in [0.25, 0.3) is 0 Å². The van der Waals surface area contributed by atoms with Crippen LogP contribution in [0.4, 0.5) is 19.0 Å². The summed E-state index contributed by atoms with van der Waals surface area (Å²) in [5.74, 6) is -1.02. The van der Waals surface area contributed by atoms with Crippen LogP contribution in [0.25, 0.3) is 10.9 Å². The zero-order valence-corrected chi connectivity index (χ0v) is 12.2. The second kappa shape index (κ2) is 5.83. The molecule has 1 N–H and O–H groups in total. The molecule has 0 aliphatic heterocycles. The Labute approximate surface area is 130 Å². The van der Waals surface area contributed by atoms with Crippen molar-refractivity contribution in [2.45, 2.75) is 19.1 Å². The lowest BCUT2D eigenvalue weighted by atomic mass is 10.2. The molecule has 0 radical (unpaired) electrons. The van der Waals surface area contributed by atoms with Crippen LogP contribution in [-0.2, 0) is 6.18 Å². The largest absolute Gasteiger partial charge is 0.451 e. The number of pyridine rings is 1. The fourth-order valence-electron chi connectivity index (χ4n) is 2.22. The Hall–Kier alpha value is -2.70. The number of rotatable bonds is 3. The van der Waals surface area contributed by atoms with E-state index in [-0.39, 0.29) is 17.4 Å². The van der Waals surface area contributed by atoms with E-state index < -0.39 is 12.0 Å². The van der Waals surface area contributed by atoms with Crippen molar-refractivity contribution < 1.29 is 13.2 Å². The Morgan fingerprint density at radius 1 is 1.00 bits per heavy atom. The molecule has 0 bridgehead atoms. The Morgan fingerprint density at radius 3 is 2.43 bits per heavy atom. The van der Waals surface area contributed by atoms with Crippen LogP contribution in [0.1, 0.15) is 24.5 Å². The molecule has 118 valence electrons. The van der Waals surface area contributed by atoms with Crippen molar-refractivity contribution >= 4 is 16.7 Å². The molecule has 4 nitrogen and oxygen atoms in total. The zero-order chi connectivity index (χ0) is 16.4. The van der Waals surface area contributed by atoms with E-state index in [1.807, 2.05) is 13.0 Å². The molecule has 0 fully saturated rings. The first-order chi connectivity index (χ1) is 10.9. The van der Waals surface area contributed by atoms with Gasteiger partial charge in [0.15, 0.2) is 0 Å². The van der Waals surface area contributed by atoms with Crippen molar-refractivity contribution in [3.8, 4) is 0 Å². The van der Waals surface area contributed by atoms with Gasteiger partial charge in [-0.1, -0.05) is 18.2 Å². The number of fused-ring (bicyclic) bond motifs is 1. The minimum atomic E-state index is -4.60. The first-order valence-electron chi connectivity index (χ1n) is 6.96. The van der Waals surface area contributed by atoms with Crippen LogP contribution in [-0.4, -0.2) is 15.0 Å². The molecule has 2 aromatic heterocycles. The SMILES string of the molecule is C[C@H](Nc1nc(C(F)(F)F)nc2ccccc12)c1ccccn1. The van der Waals surface area contributed by atoms with E-state index in [4.69, 9.17) is 0 Å². The van der Waals surface area contributed by atoms with Gasteiger partial charge in [0.1, 0.15) is 5.82 Å². The fourth-order valence-corrected chi connectivity index (χ4v) is 2.22. The number of nitrogens with zero attached hydrogens (tertiary/aromatic N) is 3. The summed E-state index contributed by atoms with van der Waals surface area (Å²) in [6.07, 6.45) is -2.97. The standard InChI is InChI=1S/C16H13F3N4/c1-10(12-7-4-5-9-20-12)21-14-11-6-2-3-8-13(11)22-15(23-14)16(17,18)19/h2-10H,1H3,(H,21,22,23)/t10-/m0/s1. The van der Waals surface area contributed by atoms with E-state index in [0.717, 1.165) is 0 Å². The second-order valence-electron chi connectivity index (χ2n) is 5.03. The second-order valence-corrected chi connectivity index (χ2v) is 5.03. The molecule has 7 heteroatoms. The lowest BCUT2D eigenvalue weighted by Gasteiger charge is -2.17. The van der Waals surface area contributed by atoms with Crippen molar-refractivity contribution in [3.63, 3.8) is 0 Å². The van der Waals surface area contributed by atoms with Crippen LogP contribution in [0.3, 0.4) is 0 Å². The maximum atomic E-state index is 13.0. The Morgan fingerprint density at radius 2 is 1.74 bits per heavy atom. The topological polar surface area (TPSA) is 50.7 Å². The van der Waals surface area contributed by atoms with E-state index in [2.05, 4.69) is 20.3 Å². The molecule has 3 rings (SSSR count). The number of hydrogen-bond acceptors (Lipinski definition) is 4. The van der Waals surface area contributed by atoms with Crippen molar-refractivity contribution in [1.29, 1.82) is 0 Å². The number of nitrogens with one attached hydrogen (secondary N) is 1. The van der Waals surface area contributed by atoms with Gasteiger partial charge >= 0.3 is 6.18 Å². The van der Waals surface area contributed by atoms with Crippen molar-refractivity contribution in [2.24, 2.45) is 0 Å². The van der Waals surface area contributed by atoms with Crippen molar-refractivity contribution in [2.75, 3.05) is 5.32 Å². The fraction of sp³-hybridized carbons (Fsp3) is 0.188. The molecule has 0 amide bonds. The molecule has 2 heterocycles. The summed E-state index contributed by atoms with van der Waals surface area (Å²) >= 11 is 0. The molecule has 1 atom stereocenters. The third kappa shape index (κ3) is 3.23. The highest BCUT2D eigenvalue weighted by atomic mass is 19.4. The van der Waals surface area contributed by atoms with Gasteiger partial charge in [-0.15, -0.1) is 0 Å². The molecule has 0 aliphatic carbocycles. The number of hydrogen-bond donors (Lipinski definition) is 1. The van der Waals surface area contributed by atoms with Gasteiger partial charge in [-0.3, -0.25) is 4.98 Å². The highest BCUT2D eigenvalue weighted by Crippen LogP contribution is 2.31. The highest BCUT2D eigenvalue weighted by Gasteiger charge is 2.35. The van der Waals surface area contributed by atoms with Gasteiger partial charge < -0.3 is 5.32 Å². The lowest BCUT2D eigenvalue weighted by Crippen LogP contribution is -2.15. The highest BCUT2D eigenvalue weighted by molar-refractivity contribution is 5.89. The van der Waals surface area contributed by atoms with Gasteiger partial charge in [-0.25, -0.2) is 9.97 Å². The Kier molecular flexibility index (Phi) is 3.85. The summed E-state index contributed by atoms with van der Waals surface area (Å²) < 4.78 is 39.0. The minimum Gasteiger partial charge on any atom is -0.361 e. The van der Waals surface area contributed by atoms with Gasteiger partial charge in [0.05, 0.1) is 17.3 Å². The summed E-state index contributed by atoms with van der Waals surface area (Å²) in [5.41, 5.74) is 0.953. The summed E-state index contributed by atoms with van der Waals surface area (Å²) in [6.45, 7) is 1.81. The van der Waals surface area contributed by atoms with E-state index in [0.29, 0.717) is 11.1 Å². The molecule has 0 saturated heterocycles. The van der Waals surface area contributed by atoms with Gasteiger partial charge in [0, 0.05) is 11.6 Å². The molecule has 0 aliphatic rings. The van der Waals surface area contributed by atoms with E-state index in [1.165, 1.54) is 6.07 Å². The van der Waals surface area contributed by atoms with E-state index >= 15 is 0 Å². The first kappa shape index (κ1) is 15.2. The van der Waals surface area contributed by atoms with Crippen LogP contribution in [0, 0.1) is 0 Å². The number of para-hydroxylation sites is 1. The van der Waals surface area contributed by atoms with E-state index in [9.17, 15) is 13.2 Å². The van der Waals surface area contributed by atoms with Crippen LogP contribution in [0.2, 0.25) is 0 Å². The summed E-state index contributed by atoms with van der Waals surface area (Å²) in [5, 5.41) is 3.53. The zero-order valence-electron chi connectivity index (χ0n) is 12.2. The van der Waals surface area contributed by atoms with Gasteiger partial charge in [-0.2, -0.15) is 13.2 Å². The van der Waals surface area contributed by atoms with Crippen LogP contribution in [0.5, 0.6) is 0 Å². The Bertz CT molecular complexity index is 818. The normalized spacial score (nSPS) is 13.0. The summed E-state index contributed by atoms with van der Waals surface area (Å²) in [6, 6.07) is 11.7. The molecule has 0 saturated carbocycles. The number of anilines is 1. The quantitative estimate of drug-likeness (QED) is 0.785. The molecular weight excluding hydrogens is 305 g/mol. The molecule has 0 unspecified atom stereocenters. The van der Waals surface area contributed by atoms with Gasteiger partial charge in [-0.05, 0) is 31.2 Å². The predicted octanol–water partition coefficient (Wildman–Crippen LogP) is 4.22. The van der Waals surface area contributed by atoms with Crippen LogP contribution >= 0.6 is 0 Å². The van der Waals surface area contributed by atoms with Crippen molar-refractivity contribution in [1.82, 2.24) is 15.0 Å².